The summed E-state index contributed by atoms with van der Waals surface area (Å²) in [5.41, 5.74) is -1.43. The molecule has 2 saturated heterocycles. The van der Waals surface area contributed by atoms with E-state index in [0.717, 1.165) is 24.1 Å². The first kappa shape index (κ1) is 22.6. The van der Waals surface area contributed by atoms with Gasteiger partial charge < -0.3 is 14.7 Å². The number of fused-ring (bicyclic) bond motifs is 2. The molecule has 2 heterocycles. The Bertz CT molecular complexity index is 949. The minimum atomic E-state index is -4.66. The fourth-order valence-corrected chi connectivity index (χ4v) is 5.06. The Morgan fingerprint density at radius 1 is 1.06 bits per heavy atom. The number of alkyl halides is 3. The standard InChI is InChI=1S/C24H25F4NO3/c25-19-10-17(9-18(11-19)24(26,27)28)12-23(31)13-20-7-4-8-21(14-23)29(20)22(30)32-15-16-5-2-1-3-6-16/h1-3,5-6,9-11,20-21,31H,4,7-8,12-15H2. The molecule has 0 saturated carbocycles. The lowest BCUT2D eigenvalue weighted by Gasteiger charge is -2.51. The van der Waals surface area contributed by atoms with Gasteiger partial charge in [-0.25, -0.2) is 9.18 Å². The maximum absolute atomic E-state index is 13.8. The van der Waals surface area contributed by atoms with Crippen molar-refractivity contribution in [1.29, 1.82) is 0 Å². The molecule has 2 bridgehead atoms. The van der Waals surface area contributed by atoms with Gasteiger partial charge in [-0.05, 0) is 61.4 Å². The molecule has 0 aromatic heterocycles. The van der Waals surface area contributed by atoms with Crippen LogP contribution in [0.5, 0.6) is 0 Å². The maximum atomic E-state index is 13.8. The van der Waals surface area contributed by atoms with E-state index < -0.39 is 29.3 Å². The van der Waals surface area contributed by atoms with Gasteiger partial charge in [0.25, 0.3) is 0 Å². The molecule has 2 aliphatic rings. The fourth-order valence-electron chi connectivity index (χ4n) is 5.06. The first-order valence-electron chi connectivity index (χ1n) is 10.7. The number of aliphatic hydroxyl groups is 1. The molecule has 2 aromatic rings. The Hall–Kier alpha value is -2.61. The van der Waals surface area contributed by atoms with Crippen molar-refractivity contribution in [3.05, 3.63) is 71.0 Å². The lowest BCUT2D eigenvalue weighted by Crippen LogP contribution is -2.60. The second kappa shape index (κ2) is 8.73. The highest BCUT2D eigenvalue weighted by molar-refractivity contribution is 5.69. The molecule has 2 unspecified atom stereocenters. The number of rotatable bonds is 4. The van der Waals surface area contributed by atoms with Crippen LogP contribution in [0.4, 0.5) is 22.4 Å². The summed E-state index contributed by atoms with van der Waals surface area (Å²) in [6.45, 7) is 0.142. The Balaban J connectivity index is 1.47. The Kier molecular flexibility index (Phi) is 6.16. The maximum Gasteiger partial charge on any atom is 0.416 e. The van der Waals surface area contributed by atoms with Crippen LogP contribution in [0.3, 0.4) is 0 Å². The molecule has 32 heavy (non-hydrogen) atoms. The Morgan fingerprint density at radius 2 is 1.72 bits per heavy atom. The highest BCUT2D eigenvalue weighted by Gasteiger charge is 2.48. The summed E-state index contributed by atoms with van der Waals surface area (Å²) in [6.07, 6.45) is -2.55. The normalized spacial score (nSPS) is 25.5. The van der Waals surface area contributed by atoms with Crippen molar-refractivity contribution < 1.29 is 32.2 Å². The number of hydrogen-bond acceptors (Lipinski definition) is 3. The molecule has 172 valence electrons. The summed E-state index contributed by atoms with van der Waals surface area (Å²) in [7, 11) is 0. The van der Waals surface area contributed by atoms with Crippen molar-refractivity contribution in [2.75, 3.05) is 0 Å². The minimum Gasteiger partial charge on any atom is -0.445 e. The summed E-state index contributed by atoms with van der Waals surface area (Å²) >= 11 is 0. The number of amides is 1. The van der Waals surface area contributed by atoms with Crippen LogP contribution < -0.4 is 0 Å². The lowest BCUT2D eigenvalue weighted by atomic mass is 9.73. The molecule has 0 radical (unpaired) electrons. The zero-order valence-electron chi connectivity index (χ0n) is 17.4. The van der Waals surface area contributed by atoms with E-state index in [-0.39, 0.29) is 43.5 Å². The number of piperidine rings is 2. The van der Waals surface area contributed by atoms with Crippen LogP contribution >= 0.6 is 0 Å². The summed E-state index contributed by atoms with van der Waals surface area (Å²) in [5.74, 6) is -0.986. The molecule has 1 N–H and O–H groups in total. The van der Waals surface area contributed by atoms with E-state index in [4.69, 9.17) is 4.74 Å². The van der Waals surface area contributed by atoms with Gasteiger partial charge in [-0.2, -0.15) is 13.2 Å². The van der Waals surface area contributed by atoms with E-state index in [0.29, 0.717) is 18.9 Å². The summed E-state index contributed by atoms with van der Waals surface area (Å²) in [5, 5.41) is 11.2. The van der Waals surface area contributed by atoms with E-state index in [1.807, 2.05) is 30.3 Å². The molecule has 2 atom stereocenters. The van der Waals surface area contributed by atoms with Gasteiger partial charge in [0.05, 0.1) is 11.2 Å². The molecular weight excluding hydrogens is 426 g/mol. The monoisotopic (exact) mass is 451 g/mol. The van der Waals surface area contributed by atoms with Gasteiger partial charge in [0.1, 0.15) is 12.4 Å². The van der Waals surface area contributed by atoms with E-state index in [1.54, 1.807) is 4.90 Å². The van der Waals surface area contributed by atoms with Crippen molar-refractivity contribution in [2.24, 2.45) is 0 Å². The predicted molar refractivity (Wildman–Crippen MR) is 109 cm³/mol. The van der Waals surface area contributed by atoms with Gasteiger partial charge in [0.15, 0.2) is 0 Å². The third-order valence-corrected chi connectivity index (χ3v) is 6.33. The van der Waals surface area contributed by atoms with Crippen molar-refractivity contribution in [3.63, 3.8) is 0 Å². The predicted octanol–water partition coefficient (Wildman–Crippen LogP) is 5.47. The van der Waals surface area contributed by atoms with Crippen LogP contribution in [0, 0.1) is 5.82 Å². The number of ether oxygens (including phenoxy) is 1. The molecule has 0 aliphatic carbocycles. The minimum absolute atomic E-state index is 0.0954. The zero-order chi connectivity index (χ0) is 22.9. The highest BCUT2D eigenvalue weighted by Crippen LogP contribution is 2.41. The van der Waals surface area contributed by atoms with Gasteiger partial charge >= 0.3 is 12.3 Å². The number of hydrogen-bond donors (Lipinski definition) is 1. The summed E-state index contributed by atoms with van der Waals surface area (Å²) in [4.78, 5) is 14.5. The number of halogens is 4. The molecule has 2 aliphatic heterocycles. The third-order valence-electron chi connectivity index (χ3n) is 6.33. The number of carbonyl (C=O) groups is 1. The summed E-state index contributed by atoms with van der Waals surface area (Å²) in [6, 6.07) is 11.1. The van der Waals surface area contributed by atoms with Gasteiger partial charge in [0.2, 0.25) is 0 Å². The van der Waals surface area contributed by atoms with E-state index in [2.05, 4.69) is 0 Å². The van der Waals surface area contributed by atoms with Crippen molar-refractivity contribution in [2.45, 2.75) is 69.0 Å². The van der Waals surface area contributed by atoms with Crippen LogP contribution in [0.1, 0.15) is 48.8 Å². The van der Waals surface area contributed by atoms with Gasteiger partial charge in [0, 0.05) is 18.5 Å². The lowest BCUT2D eigenvalue weighted by molar-refractivity contribution is -0.138. The van der Waals surface area contributed by atoms with Gasteiger partial charge in [-0.3, -0.25) is 0 Å². The van der Waals surface area contributed by atoms with Crippen LogP contribution in [-0.4, -0.2) is 33.8 Å². The first-order valence-corrected chi connectivity index (χ1v) is 10.7. The van der Waals surface area contributed by atoms with Crippen molar-refractivity contribution in [3.8, 4) is 0 Å². The molecule has 2 aromatic carbocycles. The SMILES string of the molecule is O=C(OCc1ccccc1)N1C2CCCC1CC(O)(Cc1cc(F)cc(C(F)(F)F)c1)C2. The molecular formula is C24H25F4NO3. The van der Waals surface area contributed by atoms with Crippen LogP contribution in [-0.2, 0) is 23.9 Å². The van der Waals surface area contributed by atoms with Crippen LogP contribution in [0.25, 0.3) is 0 Å². The van der Waals surface area contributed by atoms with E-state index in [1.165, 1.54) is 0 Å². The number of benzene rings is 2. The first-order chi connectivity index (χ1) is 15.1. The topological polar surface area (TPSA) is 49.8 Å². The quantitative estimate of drug-likeness (QED) is 0.627. The van der Waals surface area contributed by atoms with Crippen LogP contribution in [0.15, 0.2) is 48.5 Å². The Labute approximate surface area is 183 Å². The zero-order valence-corrected chi connectivity index (χ0v) is 17.4. The van der Waals surface area contributed by atoms with Gasteiger partial charge in [-0.15, -0.1) is 0 Å². The molecule has 2 fully saturated rings. The smallest absolute Gasteiger partial charge is 0.416 e. The average Bonchev–Trinajstić information content (AvgIpc) is 2.71. The average molecular weight is 451 g/mol. The number of nitrogens with zero attached hydrogens (tertiary/aromatic N) is 1. The van der Waals surface area contributed by atoms with Gasteiger partial charge in [-0.1, -0.05) is 30.3 Å². The fraction of sp³-hybridized carbons (Fsp3) is 0.458. The number of carbonyl (C=O) groups excluding carboxylic acids is 1. The third kappa shape index (κ3) is 5.06. The molecule has 4 nitrogen and oxygen atoms in total. The van der Waals surface area contributed by atoms with E-state index >= 15 is 0 Å². The molecule has 8 heteroatoms. The Morgan fingerprint density at radius 3 is 2.34 bits per heavy atom. The highest BCUT2D eigenvalue weighted by atomic mass is 19.4. The second-order valence-electron chi connectivity index (χ2n) is 8.84. The summed E-state index contributed by atoms with van der Waals surface area (Å²) < 4.78 is 58.5. The molecule has 4 rings (SSSR count). The van der Waals surface area contributed by atoms with Crippen LogP contribution in [0.2, 0.25) is 0 Å². The largest absolute Gasteiger partial charge is 0.445 e. The molecule has 1 amide bonds. The van der Waals surface area contributed by atoms with Crippen molar-refractivity contribution in [1.82, 2.24) is 4.90 Å². The van der Waals surface area contributed by atoms with E-state index in [9.17, 15) is 27.5 Å². The molecule has 0 spiro atoms. The second-order valence-corrected chi connectivity index (χ2v) is 8.84. The van der Waals surface area contributed by atoms with Crippen molar-refractivity contribution >= 4 is 6.09 Å².